The van der Waals surface area contributed by atoms with Gasteiger partial charge in [0.15, 0.2) is 0 Å². The number of benzene rings is 1. The van der Waals surface area contributed by atoms with Gasteiger partial charge in [0.05, 0.1) is 0 Å². The van der Waals surface area contributed by atoms with Crippen LogP contribution < -0.4 is 0 Å². The Kier molecular flexibility index (Phi) is 0.810. The third-order valence-electron chi connectivity index (χ3n) is 1.19. The zero-order chi connectivity index (χ0) is 9.35. The van der Waals surface area contributed by atoms with Gasteiger partial charge in [0.1, 0.15) is 5.82 Å². The molecule has 0 saturated heterocycles. The molecule has 0 amide bonds. The first-order valence-electron chi connectivity index (χ1n) is 4.18. The first-order chi connectivity index (χ1) is 5.43. The molecule has 0 spiro atoms. The molecule has 0 aliphatic heterocycles. The molecule has 1 heteroatoms. The molecule has 0 N–H and O–H groups in total. The summed E-state index contributed by atoms with van der Waals surface area (Å²) in [6.07, 6.45) is 0. The highest BCUT2D eigenvalue weighted by molar-refractivity contribution is 5.23. The first-order valence-corrected chi connectivity index (χ1v) is 2.68. The normalized spacial score (nSPS) is 16.0. The topological polar surface area (TPSA) is 0 Å². The lowest BCUT2D eigenvalue weighted by Gasteiger charge is -1.96. The van der Waals surface area contributed by atoms with Gasteiger partial charge < -0.3 is 0 Å². The third-order valence-corrected chi connectivity index (χ3v) is 1.19. The van der Waals surface area contributed by atoms with Crippen molar-refractivity contribution in [1.82, 2.24) is 0 Å². The van der Waals surface area contributed by atoms with Gasteiger partial charge in [0.25, 0.3) is 0 Å². The lowest BCUT2D eigenvalue weighted by Crippen LogP contribution is -1.84. The van der Waals surface area contributed by atoms with Crippen molar-refractivity contribution < 1.29 is 8.50 Å². The summed E-state index contributed by atoms with van der Waals surface area (Å²) in [5.41, 5.74) is 0.158. The molecule has 0 unspecified atom stereocenters. The van der Waals surface area contributed by atoms with Gasteiger partial charge in [0.2, 0.25) is 0 Å². The summed E-state index contributed by atoms with van der Waals surface area (Å²) in [7, 11) is 0. The van der Waals surface area contributed by atoms with Gasteiger partial charge in [0, 0.05) is 4.11 Å². The molecule has 0 aromatic heterocycles. The highest BCUT2D eigenvalue weighted by Crippen LogP contribution is 2.09. The van der Waals surface area contributed by atoms with Gasteiger partial charge in [-0.15, -0.1) is 0 Å². The number of rotatable bonds is 0. The third kappa shape index (κ3) is 1.10. The molecule has 0 nitrogen and oxygen atoms in total. The second kappa shape index (κ2) is 2.18. The Morgan fingerprint density at radius 2 is 2.11 bits per heavy atom. The van der Waals surface area contributed by atoms with Crippen LogP contribution in [0.2, 0.25) is 0 Å². The van der Waals surface area contributed by atoms with Crippen LogP contribution in [-0.2, 0) is 0 Å². The second-order valence-electron chi connectivity index (χ2n) is 1.94. The number of hydrogen-bond acceptors (Lipinski definition) is 0. The standard InChI is InChI=1S/C8H9F/c1-6-4-3-5-7(2)8(6)9/h3-5H,1-2H3/i1D3. The molecular weight excluding hydrogens is 115 g/mol. The van der Waals surface area contributed by atoms with Crippen molar-refractivity contribution in [1.29, 1.82) is 0 Å². The fourth-order valence-corrected chi connectivity index (χ4v) is 0.647. The van der Waals surface area contributed by atoms with Crippen LogP contribution in [0.1, 0.15) is 15.2 Å². The molecule has 0 aliphatic rings. The predicted molar refractivity (Wildman–Crippen MR) is 35.9 cm³/mol. The van der Waals surface area contributed by atoms with E-state index in [1.807, 2.05) is 0 Å². The van der Waals surface area contributed by atoms with E-state index in [4.69, 9.17) is 4.11 Å². The van der Waals surface area contributed by atoms with Crippen molar-refractivity contribution >= 4 is 0 Å². The van der Waals surface area contributed by atoms with Crippen molar-refractivity contribution in [3.05, 3.63) is 35.1 Å². The molecule has 0 atom stereocenters. The molecular formula is C8H9F. The van der Waals surface area contributed by atoms with E-state index in [2.05, 4.69) is 0 Å². The van der Waals surface area contributed by atoms with Crippen LogP contribution in [0.15, 0.2) is 18.2 Å². The van der Waals surface area contributed by atoms with Gasteiger partial charge >= 0.3 is 0 Å². The summed E-state index contributed by atoms with van der Waals surface area (Å²) in [5.74, 6) is -0.627. The van der Waals surface area contributed by atoms with Gasteiger partial charge in [-0.05, 0) is 24.9 Å². The smallest absolute Gasteiger partial charge is 0.129 e. The summed E-state index contributed by atoms with van der Waals surface area (Å²) >= 11 is 0. The van der Waals surface area contributed by atoms with E-state index in [0.717, 1.165) is 0 Å². The minimum Gasteiger partial charge on any atom is -0.206 e. The van der Waals surface area contributed by atoms with Crippen LogP contribution in [-0.4, -0.2) is 0 Å². The summed E-state index contributed by atoms with van der Waals surface area (Å²) in [6.45, 7) is -0.805. The summed E-state index contributed by atoms with van der Waals surface area (Å²) in [4.78, 5) is 0. The van der Waals surface area contributed by atoms with Gasteiger partial charge in [-0.3, -0.25) is 0 Å². The molecule has 0 bridgehead atoms. The fraction of sp³-hybridized carbons (Fsp3) is 0.250. The molecule has 48 valence electrons. The van der Waals surface area contributed by atoms with Crippen LogP contribution in [0.5, 0.6) is 0 Å². The average Bonchev–Trinajstić information content (AvgIpc) is 1.92. The molecule has 0 radical (unpaired) electrons. The Bertz CT molecular complexity index is 291. The van der Waals surface area contributed by atoms with Crippen LogP contribution in [0.25, 0.3) is 0 Å². The Morgan fingerprint density at radius 3 is 2.67 bits per heavy atom. The SMILES string of the molecule is [2H]C([2H])([2H])c1cccc(C)c1F. The molecule has 0 fully saturated rings. The summed E-state index contributed by atoms with van der Waals surface area (Å²) < 4.78 is 34.1. The Balaban J connectivity index is 3.26. The van der Waals surface area contributed by atoms with E-state index in [1.165, 1.54) is 6.07 Å². The monoisotopic (exact) mass is 127 g/mol. The first kappa shape index (κ1) is 3.35. The summed E-state index contributed by atoms with van der Waals surface area (Å²) in [6, 6.07) is 4.38. The maximum Gasteiger partial charge on any atom is 0.129 e. The number of hydrogen-bond donors (Lipinski definition) is 0. The van der Waals surface area contributed by atoms with Gasteiger partial charge in [-0.25, -0.2) is 4.39 Å². The van der Waals surface area contributed by atoms with Gasteiger partial charge in [-0.2, -0.15) is 0 Å². The van der Waals surface area contributed by atoms with Crippen LogP contribution >= 0.6 is 0 Å². The lowest BCUT2D eigenvalue weighted by atomic mass is 10.1. The zero-order valence-electron chi connectivity index (χ0n) is 8.11. The van der Waals surface area contributed by atoms with E-state index in [9.17, 15) is 4.39 Å². The molecule has 1 rings (SSSR count). The molecule has 0 saturated carbocycles. The fourth-order valence-electron chi connectivity index (χ4n) is 0.647. The largest absolute Gasteiger partial charge is 0.206 e. The van der Waals surface area contributed by atoms with E-state index in [1.54, 1.807) is 19.1 Å². The quantitative estimate of drug-likeness (QED) is 0.502. The molecule has 0 heterocycles. The molecule has 1 aromatic carbocycles. The highest BCUT2D eigenvalue weighted by atomic mass is 19.1. The van der Waals surface area contributed by atoms with Crippen molar-refractivity contribution in [3.63, 3.8) is 0 Å². The van der Waals surface area contributed by atoms with E-state index in [-0.39, 0.29) is 5.56 Å². The molecule has 9 heavy (non-hydrogen) atoms. The Hall–Kier alpha value is -0.850. The van der Waals surface area contributed by atoms with Crippen molar-refractivity contribution in [2.24, 2.45) is 0 Å². The summed E-state index contributed by atoms with van der Waals surface area (Å²) in [5, 5.41) is 0. The van der Waals surface area contributed by atoms with Crippen LogP contribution in [0.3, 0.4) is 0 Å². The van der Waals surface area contributed by atoms with E-state index < -0.39 is 12.7 Å². The van der Waals surface area contributed by atoms with Crippen molar-refractivity contribution in [3.8, 4) is 0 Å². The average molecular weight is 127 g/mol. The van der Waals surface area contributed by atoms with E-state index in [0.29, 0.717) is 5.56 Å². The molecule has 1 aromatic rings. The van der Waals surface area contributed by atoms with Crippen LogP contribution in [0, 0.1) is 19.6 Å². The number of aryl methyl sites for hydroxylation is 2. The second-order valence-corrected chi connectivity index (χ2v) is 1.94. The predicted octanol–water partition coefficient (Wildman–Crippen LogP) is 2.44. The lowest BCUT2D eigenvalue weighted by molar-refractivity contribution is 0.609. The Labute approximate surface area is 58.5 Å². The minimum absolute atomic E-state index is 0.206. The maximum atomic E-state index is 13.1. The van der Waals surface area contributed by atoms with Crippen molar-refractivity contribution in [2.75, 3.05) is 0 Å². The van der Waals surface area contributed by atoms with E-state index >= 15 is 0 Å². The maximum absolute atomic E-state index is 13.1. The van der Waals surface area contributed by atoms with Gasteiger partial charge in [-0.1, -0.05) is 18.2 Å². The van der Waals surface area contributed by atoms with Crippen LogP contribution in [0.4, 0.5) is 4.39 Å². The number of halogens is 1. The highest BCUT2D eigenvalue weighted by Gasteiger charge is 1.96. The Morgan fingerprint density at radius 1 is 1.44 bits per heavy atom. The zero-order valence-corrected chi connectivity index (χ0v) is 5.11. The molecule has 0 aliphatic carbocycles. The minimum atomic E-state index is -2.35. The van der Waals surface area contributed by atoms with Crippen molar-refractivity contribution in [2.45, 2.75) is 13.8 Å².